The Kier molecular flexibility index (Phi) is 20.9. The molecule has 0 aliphatic rings. The average molecular weight is 657 g/mol. The molecule has 0 aliphatic carbocycles. The smallest absolute Gasteiger partial charge is 0.270 e. The Labute approximate surface area is 218 Å². The minimum absolute atomic E-state index is 0.00661. The van der Waals surface area contributed by atoms with Crippen LogP contribution in [0.3, 0.4) is 0 Å². The molecule has 0 rings (SSSR count). The quantitative estimate of drug-likeness (QED) is 0.0932. The molecule has 0 aromatic carbocycles. The molecule has 0 amide bonds. The van der Waals surface area contributed by atoms with Crippen LogP contribution < -0.4 is 0 Å². The van der Waals surface area contributed by atoms with Gasteiger partial charge in [-0.15, -0.1) is 0 Å². The lowest BCUT2D eigenvalue weighted by molar-refractivity contribution is 0.165. The van der Waals surface area contributed by atoms with Gasteiger partial charge in [-0.1, -0.05) is 0 Å². The zero-order valence-electron chi connectivity index (χ0n) is 19.9. The maximum absolute atomic E-state index is 11.8. The largest absolute Gasteiger partial charge is 0.272 e. The summed E-state index contributed by atoms with van der Waals surface area (Å²) in [6.07, 6.45) is -5.63. The molecule has 0 bridgehead atoms. The second kappa shape index (κ2) is 20.2. The van der Waals surface area contributed by atoms with Crippen LogP contribution in [0.15, 0.2) is 0 Å². The van der Waals surface area contributed by atoms with Crippen LogP contribution in [0.1, 0.15) is 25.7 Å². The summed E-state index contributed by atoms with van der Waals surface area (Å²) in [7, 11) is -16.3. The molecule has 0 N–H and O–H groups in total. The zero-order valence-corrected chi connectivity index (χ0v) is 23.1. The van der Waals surface area contributed by atoms with Gasteiger partial charge in [0.2, 0.25) is 0 Å². The van der Waals surface area contributed by atoms with Gasteiger partial charge in [-0.05, 0) is 25.7 Å². The predicted molar refractivity (Wildman–Crippen MR) is 121 cm³/mol. The summed E-state index contributed by atoms with van der Waals surface area (Å²) in [5.41, 5.74) is 0. The summed E-state index contributed by atoms with van der Waals surface area (Å²) in [5, 5.41) is 0. The van der Waals surface area contributed by atoms with E-state index in [0.29, 0.717) is 0 Å². The highest BCUT2D eigenvalue weighted by Gasteiger charge is 2.20. The molecule has 22 heteroatoms. The van der Waals surface area contributed by atoms with Crippen LogP contribution in [-0.4, -0.2) is 109 Å². The summed E-state index contributed by atoms with van der Waals surface area (Å²) in [5.74, 6) is -4.25. The van der Waals surface area contributed by atoms with E-state index in [1.807, 2.05) is 0 Å². The number of alkyl halides is 6. The van der Waals surface area contributed by atoms with E-state index in [-0.39, 0.29) is 38.9 Å². The molecule has 0 unspecified atom stereocenters. The van der Waals surface area contributed by atoms with Crippen molar-refractivity contribution in [2.75, 3.05) is 62.8 Å². The van der Waals surface area contributed by atoms with E-state index in [0.717, 1.165) is 0 Å². The molecule has 0 heterocycles. The first-order valence-corrected chi connectivity index (χ1v) is 16.8. The summed E-state index contributed by atoms with van der Waals surface area (Å²) in [6, 6.07) is 0. The Balaban J connectivity index is 0. The topological polar surface area (TPSA) is 173 Å². The van der Waals surface area contributed by atoms with Gasteiger partial charge >= 0.3 is 0 Å². The van der Waals surface area contributed by atoms with E-state index >= 15 is 0 Å². The number of unbranched alkanes of at least 4 members (excludes halogenated alkanes) is 2. The van der Waals surface area contributed by atoms with Crippen LogP contribution in [0.4, 0.5) is 26.3 Å². The average Bonchev–Trinajstić information content (AvgIpc) is 2.71. The monoisotopic (exact) mass is 656 g/mol. The van der Waals surface area contributed by atoms with Gasteiger partial charge in [0.15, 0.2) is 0 Å². The fourth-order valence-corrected chi connectivity index (χ4v) is 4.77. The van der Waals surface area contributed by atoms with Crippen molar-refractivity contribution in [3.05, 3.63) is 0 Å². The third kappa shape index (κ3) is 26.8. The van der Waals surface area contributed by atoms with Crippen molar-refractivity contribution in [3.63, 3.8) is 0 Å². The van der Waals surface area contributed by atoms with E-state index in [4.69, 9.17) is 0 Å². The second-order valence-corrected chi connectivity index (χ2v) is 13.7. The van der Waals surface area contributed by atoms with E-state index < -0.39 is 103 Å². The van der Waals surface area contributed by atoms with Gasteiger partial charge in [0.25, 0.3) is 53.3 Å². The molecule has 38 heavy (non-hydrogen) atoms. The molecule has 0 spiro atoms. The molecule has 0 radical (unpaired) electrons. The summed E-state index contributed by atoms with van der Waals surface area (Å²) >= 11 is 0. The Morgan fingerprint density at radius 3 is 0.895 bits per heavy atom. The second-order valence-electron chi connectivity index (χ2n) is 6.83. The Morgan fingerprint density at radius 1 is 0.447 bits per heavy atom. The van der Waals surface area contributed by atoms with Crippen molar-refractivity contribution in [2.24, 2.45) is 0 Å². The normalized spacial score (nSPS) is 13.1. The third-order valence-electron chi connectivity index (χ3n) is 3.44. The highest BCUT2D eigenvalue weighted by Crippen LogP contribution is 2.06. The van der Waals surface area contributed by atoms with Gasteiger partial charge < -0.3 is 0 Å². The summed E-state index contributed by atoms with van der Waals surface area (Å²) in [6.45, 7) is -3.23. The lowest BCUT2D eigenvalue weighted by Gasteiger charge is -2.06. The maximum atomic E-state index is 11.8. The van der Waals surface area contributed by atoms with Crippen molar-refractivity contribution in [1.82, 2.24) is 0 Å². The highest BCUT2D eigenvalue weighted by atomic mass is 32.2. The molecule has 0 aliphatic heterocycles. The van der Waals surface area contributed by atoms with Crippen LogP contribution in [-0.2, 0) is 57.2 Å². The Hall–Kier alpha value is -0.780. The first kappa shape index (κ1) is 39.4. The van der Waals surface area contributed by atoms with Crippen molar-refractivity contribution < 1.29 is 76.7 Å². The van der Waals surface area contributed by atoms with Crippen molar-refractivity contribution >= 4 is 40.5 Å². The molecular weight excluding hydrogens is 626 g/mol. The molecule has 0 saturated heterocycles. The fraction of sp³-hybridized carbons (Fsp3) is 1.00. The van der Waals surface area contributed by atoms with Crippen LogP contribution in [0.5, 0.6) is 0 Å². The number of hydrogen-bond acceptors (Lipinski definition) is 12. The molecule has 0 atom stereocenters. The molecule has 0 aromatic rings. The Bertz CT molecular complexity index is 951. The molecule has 0 saturated carbocycles. The lowest BCUT2D eigenvalue weighted by Crippen LogP contribution is -2.18. The lowest BCUT2D eigenvalue weighted by atomic mass is 10.3. The maximum Gasteiger partial charge on any atom is 0.272 e. The first-order chi connectivity index (χ1) is 17.4. The fourth-order valence-electron chi connectivity index (χ4n) is 1.86. The third-order valence-corrected chi connectivity index (χ3v) is 8.18. The van der Waals surface area contributed by atoms with Gasteiger partial charge in [0, 0.05) is 0 Å². The van der Waals surface area contributed by atoms with E-state index in [1.165, 1.54) is 0 Å². The van der Waals surface area contributed by atoms with Gasteiger partial charge in [0.05, 0.1) is 26.4 Å². The van der Waals surface area contributed by atoms with E-state index in [2.05, 4.69) is 16.7 Å². The molecular formula is C16H30F6O12S4. The van der Waals surface area contributed by atoms with E-state index in [1.54, 1.807) is 0 Å². The SMILES string of the molecule is O=S(=O)(CC(F)F)OCCCCOS(=O)(=O)CC(F)F.O=S(=O)(CCF)OCCCCOS(=O)(=O)CCF. The van der Waals surface area contributed by atoms with Crippen molar-refractivity contribution in [1.29, 1.82) is 0 Å². The van der Waals surface area contributed by atoms with Crippen molar-refractivity contribution in [2.45, 2.75) is 38.5 Å². The highest BCUT2D eigenvalue weighted by molar-refractivity contribution is 7.87. The van der Waals surface area contributed by atoms with Crippen LogP contribution in [0, 0.1) is 0 Å². The first-order valence-electron chi connectivity index (χ1n) is 10.5. The van der Waals surface area contributed by atoms with Gasteiger partial charge in [-0.2, -0.15) is 33.7 Å². The summed E-state index contributed by atoms with van der Waals surface area (Å²) < 4.78 is 175. The zero-order chi connectivity index (χ0) is 29.9. The standard InChI is InChI=1S/C8H14F4O6S2.C8H16F2O6S2/c9-7(10)5-19(13,14)17-3-1-2-4-18-20(15,16)6-8(11)12;9-3-7-17(11,12)15-5-1-2-6-16-18(13,14)8-4-10/h7-8H,1-6H2;1-8H2. The van der Waals surface area contributed by atoms with Gasteiger partial charge in [-0.25, -0.2) is 26.3 Å². The van der Waals surface area contributed by atoms with Crippen LogP contribution in [0.2, 0.25) is 0 Å². The number of halogens is 6. The van der Waals surface area contributed by atoms with Crippen LogP contribution in [0.25, 0.3) is 0 Å². The Morgan fingerprint density at radius 2 is 0.684 bits per heavy atom. The minimum Gasteiger partial charge on any atom is -0.270 e. The molecule has 0 aromatic heterocycles. The van der Waals surface area contributed by atoms with Gasteiger partial charge in [-0.3, -0.25) is 16.7 Å². The predicted octanol–water partition coefficient (Wildman–Crippen LogP) is 1.39. The van der Waals surface area contributed by atoms with Crippen molar-refractivity contribution in [3.8, 4) is 0 Å². The molecule has 0 fully saturated rings. The van der Waals surface area contributed by atoms with Gasteiger partial charge in [0.1, 0.15) is 36.4 Å². The summed E-state index contributed by atoms with van der Waals surface area (Å²) in [4.78, 5) is 0. The molecule has 12 nitrogen and oxygen atoms in total. The molecule has 232 valence electrons. The van der Waals surface area contributed by atoms with E-state index in [9.17, 15) is 60.0 Å². The number of rotatable bonds is 22. The van der Waals surface area contributed by atoms with Crippen LogP contribution >= 0.6 is 0 Å². The minimum atomic E-state index is -4.32. The number of hydrogen-bond donors (Lipinski definition) is 0.